The van der Waals surface area contributed by atoms with Crippen molar-refractivity contribution in [3.8, 4) is 6.07 Å². The molecule has 0 aliphatic carbocycles. The number of nitriles is 1. The molecule has 3 rings (SSSR count). The summed E-state index contributed by atoms with van der Waals surface area (Å²) in [6.45, 7) is -0.116. The lowest BCUT2D eigenvalue weighted by atomic mass is 10.1. The Labute approximate surface area is 190 Å². The zero-order valence-electron chi connectivity index (χ0n) is 16.7. The first-order valence-corrected chi connectivity index (χ1v) is 10.3. The summed E-state index contributed by atoms with van der Waals surface area (Å²) in [5.41, 5.74) is 0.945. The first-order chi connectivity index (χ1) is 14.8. The maximum absolute atomic E-state index is 12.8. The SMILES string of the molecule is CN(CC(=O)N1CC(C(=O)Nc2ccccc2)CC1C#N)C(=O)c1ccc(Cl)c(Cl)c1. The van der Waals surface area contributed by atoms with Crippen LogP contribution in [0.2, 0.25) is 10.0 Å². The normalized spacial score (nSPS) is 17.7. The molecule has 2 aromatic carbocycles. The number of hydrogen-bond acceptors (Lipinski definition) is 4. The highest BCUT2D eigenvalue weighted by atomic mass is 35.5. The monoisotopic (exact) mass is 458 g/mol. The molecule has 2 atom stereocenters. The highest BCUT2D eigenvalue weighted by molar-refractivity contribution is 6.42. The molecule has 0 radical (unpaired) electrons. The van der Waals surface area contributed by atoms with E-state index in [0.717, 1.165) is 0 Å². The second-order valence-corrected chi connectivity index (χ2v) is 8.08. The van der Waals surface area contributed by atoms with Crippen LogP contribution in [0.1, 0.15) is 16.8 Å². The van der Waals surface area contributed by atoms with Gasteiger partial charge in [0.05, 0.1) is 28.6 Å². The van der Waals surface area contributed by atoms with Crippen molar-refractivity contribution in [2.75, 3.05) is 25.5 Å². The largest absolute Gasteiger partial charge is 0.332 e. The van der Waals surface area contributed by atoms with Crippen LogP contribution in [0, 0.1) is 17.2 Å². The fourth-order valence-corrected chi connectivity index (χ4v) is 3.70. The van der Waals surface area contributed by atoms with E-state index in [1.165, 1.54) is 35.0 Å². The zero-order chi connectivity index (χ0) is 22.5. The molecule has 9 heteroatoms. The Bertz CT molecular complexity index is 1040. The van der Waals surface area contributed by atoms with Gasteiger partial charge in [0.15, 0.2) is 0 Å². The number of amides is 3. The molecule has 1 N–H and O–H groups in total. The van der Waals surface area contributed by atoms with Crippen molar-refractivity contribution >= 4 is 46.6 Å². The van der Waals surface area contributed by atoms with Crippen LogP contribution in [0.15, 0.2) is 48.5 Å². The number of likely N-dealkylation sites (tertiary alicyclic amines) is 1. The van der Waals surface area contributed by atoms with Crippen molar-refractivity contribution < 1.29 is 14.4 Å². The standard InChI is InChI=1S/C22H20Cl2N4O3/c1-27(22(31)14-7-8-18(23)19(24)10-14)13-20(29)28-12-15(9-17(28)11-25)21(30)26-16-5-3-2-4-6-16/h2-8,10,15,17H,9,12-13H2,1H3,(H,26,30). The van der Waals surface area contributed by atoms with Gasteiger partial charge in [0.1, 0.15) is 6.04 Å². The number of likely N-dealkylation sites (N-methyl/N-ethyl adjacent to an activating group) is 1. The molecule has 2 aromatic rings. The first kappa shape index (κ1) is 22.6. The molecule has 0 bridgehead atoms. The van der Waals surface area contributed by atoms with E-state index >= 15 is 0 Å². The third kappa shape index (κ3) is 5.35. The van der Waals surface area contributed by atoms with Crippen LogP contribution >= 0.6 is 23.2 Å². The number of para-hydroxylation sites is 1. The van der Waals surface area contributed by atoms with Gasteiger partial charge >= 0.3 is 0 Å². The number of anilines is 1. The Morgan fingerprint density at radius 2 is 1.87 bits per heavy atom. The number of hydrogen-bond donors (Lipinski definition) is 1. The van der Waals surface area contributed by atoms with Crippen LogP contribution in [0.25, 0.3) is 0 Å². The van der Waals surface area contributed by atoms with Crippen LogP contribution in [-0.4, -0.2) is 53.7 Å². The van der Waals surface area contributed by atoms with Crippen LogP contribution < -0.4 is 5.32 Å². The molecule has 1 saturated heterocycles. The van der Waals surface area contributed by atoms with Crippen LogP contribution in [-0.2, 0) is 9.59 Å². The summed E-state index contributed by atoms with van der Waals surface area (Å²) in [7, 11) is 1.49. The van der Waals surface area contributed by atoms with E-state index in [0.29, 0.717) is 16.3 Å². The number of rotatable bonds is 5. The summed E-state index contributed by atoms with van der Waals surface area (Å²) in [4.78, 5) is 40.6. The third-order valence-electron chi connectivity index (χ3n) is 5.07. The average molecular weight is 459 g/mol. The van der Waals surface area contributed by atoms with Crippen molar-refractivity contribution in [1.82, 2.24) is 9.80 Å². The minimum atomic E-state index is -0.729. The lowest BCUT2D eigenvalue weighted by molar-refractivity contribution is -0.131. The third-order valence-corrected chi connectivity index (χ3v) is 5.81. The fourth-order valence-electron chi connectivity index (χ4n) is 3.40. The van der Waals surface area contributed by atoms with Gasteiger partial charge in [-0.2, -0.15) is 5.26 Å². The summed E-state index contributed by atoms with van der Waals surface area (Å²) in [6.07, 6.45) is 0.241. The Hall–Kier alpha value is -3.08. The van der Waals surface area contributed by atoms with Gasteiger partial charge in [-0.25, -0.2) is 0 Å². The van der Waals surface area contributed by atoms with E-state index in [9.17, 15) is 19.6 Å². The van der Waals surface area contributed by atoms with E-state index in [1.807, 2.05) is 6.07 Å². The molecule has 1 aliphatic rings. The predicted molar refractivity (Wildman–Crippen MR) is 118 cm³/mol. The molecule has 0 aromatic heterocycles. The van der Waals surface area contributed by atoms with Gasteiger partial charge in [-0.05, 0) is 36.8 Å². The molecule has 7 nitrogen and oxygen atoms in total. The quantitative estimate of drug-likeness (QED) is 0.742. The van der Waals surface area contributed by atoms with E-state index < -0.39 is 23.8 Å². The van der Waals surface area contributed by atoms with Crippen molar-refractivity contribution in [3.05, 3.63) is 64.1 Å². The fraction of sp³-hybridized carbons (Fsp3) is 0.273. The van der Waals surface area contributed by atoms with E-state index in [-0.39, 0.29) is 30.4 Å². The van der Waals surface area contributed by atoms with Gasteiger partial charge < -0.3 is 15.1 Å². The summed E-state index contributed by atoms with van der Waals surface area (Å²) in [6, 6.07) is 14.8. The molecule has 1 aliphatic heterocycles. The molecule has 3 amide bonds. The first-order valence-electron chi connectivity index (χ1n) is 9.55. The lowest BCUT2D eigenvalue weighted by Crippen LogP contribution is -2.43. The highest BCUT2D eigenvalue weighted by Crippen LogP contribution is 2.26. The minimum absolute atomic E-state index is 0.116. The Morgan fingerprint density at radius 3 is 2.52 bits per heavy atom. The Morgan fingerprint density at radius 1 is 1.16 bits per heavy atom. The topological polar surface area (TPSA) is 93.5 Å². The van der Waals surface area contributed by atoms with E-state index in [2.05, 4.69) is 11.4 Å². The van der Waals surface area contributed by atoms with E-state index in [4.69, 9.17) is 23.2 Å². The van der Waals surface area contributed by atoms with Crippen LogP contribution in [0.3, 0.4) is 0 Å². The Kier molecular flexibility index (Phi) is 7.16. The number of nitrogens with one attached hydrogen (secondary N) is 1. The molecule has 0 saturated carbocycles. The number of carbonyl (C=O) groups is 3. The van der Waals surface area contributed by atoms with Crippen LogP contribution in [0.5, 0.6) is 0 Å². The van der Waals surface area contributed by atoms with Crippen molar-refractivity contribution in [3.63, 3.8) is 0 Å². The van der Waals surface area contributed by atoms with Gasteiger partial charge in [-0.3, -0.25) is 14.4 Å². The lowest BCUT2D eigenvalue weighted by Gasteiger charge is -2.24. The molecular weight excluding hydrogens is 439 g/mol. The molecule has 1 fully saturated rings. The van der Waals surface area contributed by atoms with Gasteiger partial charge in [-0.1, -0.05) is 41.4 Å². The van der Waals surface area contributed by atoms with Gasteiger partial charge in [0, 0.05) is 24.8 Å². The van der Waals surface area contributed by atoms with Gasteiger partial charge in [-0.15, -0.1) is 0 Å². The zero-order valence-corrected chi connectivity index (χ0v) is 18.2. The maximum atomic E-state index is 12.8. The number of carbonyl (C=O) groups excluding carboxylic acids is 3. The second kappa shape index (κ2) is 9.82. The molecular formula is C22H20Cl2N4O3. The van der Waals surface area contributed by atoms with Crippen molar-refractivity contribution in [1.29, 1.82) is 5.26 Å². The average Bonchev–Trinajstić information content (AvgIpc) is 3.20. The molecule has 2 unspecified atom stereocenters. The molecule has 0 spiro atoms. The Balaban J connectivity index is 1.63. The second-order valence-electron chi connectivity index (χ2n) is 7.27. The highest BCUT2D eigenvalue weighted by Gasteiger charge is 2.39. The summed E-state index contributed by atoms with van der Waals surface area (Å²) < 4.78 is 0. The number of halogens is 2. The van der Waals surface area contributed by atoms with Gasteiger partial charge in [0.25, 0.3) is 5.91 Å². The maximum Gasteiger partial charge on any atom is 0.254 e. The molecule has 1 heterocycles. The van der Waals surface area contributed by atoms with Crippen molar-refractivity contribution in [2.24, 2.45) is 5.92 Å². The summed E-state index contributed by atoms with van der Waals surface area (Å²) >= 11 is 11.8. The summed E-state index contributed by atoms with van der Waals surface area (Å²) in [5, 5.41) is 12.8. The minimum Gasteiger partial charge on any atom is -0.332 e. The summed E-state index contributed by atoms with van der Waals surface area (Å²) in [5.74, 6) is -1.57. The number of nitrogens with zero attached hydrogens (tertiary/aromatic N) is 3. The van der Waals surface area contributed by atoms with Gasteiger partial charge in [0.2, 0.25) is 11.8 Å². The van der Waals surface area contributed by atoms with Crippen molar-refractivity contribution in [2.45, 2.75) is 12.5 Å². The smallest absolute Gasteiger partial charge is 0.254 e. The molecule has 160 valence electrons. The molecule has 31 heavy (non-hydrogen) atoms. The number of benzene rings is 2. The van der Waals surface area contributed by atoms with Crippen LogP contribution in [0.4, 0.5) is 5.69 Å². The van der Waals surface area contributed by atoms with E-state index in [1.54, 1.807) is 24.3 Å². The predicted octanol–water partition coefficient (Wildman–Crippen LogP) is 3.44.